The van der Waals surface area contributed by atoms with E-state index in [4.69, 9.17) is 5.73 Å². The van der Waals surface area contributed by atoms with Crippen molar-refractivity contribution in [3.05, 3.63) is 30.3 Å². The fourth-order valence-electron chi connectivity index (χ4n) is 0.907. The van der Waals surface area contributed by atoms with E-state index in [9.17, 15) is 4.21 Å². The first-order chi connectivity index (χ1) is 5.70. The van der Waals surface area contributed by atoms with Gasteiger partial charge < -0.3 is 5.73 Å². The SMILES string of the molecule is C[C@H](N)CS(=O)c1ccccc1. The topological polar surface area (TPSA) is 43.1 Å². The third-order valence-corrected chi connectivity index (χ3v) is 3.05. The Bertz CT molecular complexity index is 258. The monoisotopic (exact) mass is 183 g/mol. The summed E-state index contributed by atoms with van der Waals surface area (Å²) in [5, 5.41) is 0. The third kappa shape index (κ3) is 2.75. The van der Waals surface area contributed by atoms with Gasteiger partial charge in [0.1, 0.15) is 0 Å². The molecule has 3 heteroatoms. The summed E-state index contributed by atoms with van der Waals surface area (Å²) in [5.41, 5.74) is 5.54. The summed E-state index contributed by atoms with van der Waals surface area (Å²) in [6.45, 7) is 1.86. The van der Waals surface area contributed by atoms with E-state index in [0.29, 0.717) is 5.75 Å². The van der Waals surface area contributed by atoms with Crippen molar-refractivity contribution in [2.75, 3.05) is 5.75 Å². The highest BCUT2D eigenvalue weighted by atomic mass is 32.2. The maximum Gasteiger partial charge on any atom is 0.0545 e. The lowest BCUT2D eigenvalue weighted by molar-refractivity contribution is 0.676. The third-order valence-electron chi connectivity index (χ3n) is 1.42. The summed E-state index contributed by atoms with van der Waals surface area (Å²) in [5.74, 6) is 0.532. The zero-order chi connectivity index (χ0) is 8.97. The molecule has 0 fully saturated rings. The van der Waals surface area contributed by atoms with Crippen LogP contribution in [0.5, 0.6) is 0 Å². The first kappa shape index (κ1) is 9.42. The molecule has 0 bridgehead atoms. The fraction of sp³-hybridized carbons (Fsp3) is 0.333. The van der Waals surface area contributed by atoms with E-state index in [2.05, 4.69) is 0 Å². The van der Waals surface area contributed by atoms with Crippen molar-refractivity contribution in [1.29, 1.82) is 0 Å². The molecule has 2 atom stereocenters. The lowest BCUT2D eigenvalue weighted by Crippen LogP contribution is -2.22. The molecule has 1 aromatic rings. The van der Waals surface area contributed by atoms with Gasteiger partial charge in [0, 0.05) is 16.7 Å². The van der Waals surface area contributed by atoms with Crippen molar-refractivity contribution in [3.63, 3.8) is 0 Å². The summed E-state index contributed by atoms with van der Waals surface area (Å²) in [7, 11) is -0.939. The van der Waals surface area contributed by atoms with Crippen molar-refractivity contribution < 1.29 is 4.21 Å². The zero-order valence-electron chi connectivity index (χ0n) is 7.07. The Hall–Kier alpha value is -0.670. The van der Waals surface area contributed by atoms with Crippen LogP contribution in [0.3, 0.4) is 0 Å². The number of rotatable bonds is 3. The molecule has 0 aromatic heterocycles. The van der Waals surface area contributed by atoms with Gasteiger partial charge >= 0.3 is 0 Å². The summed E-state index contributed by atoms with van der Waals surface area (Å²) in [6, 6.07) is 9.39. The lowest BCUT2D eigenvalue weighted by Gasteiger charge is -2.04. The lowest BCUT2D eigenvalue weighted by atomic mass is 10.4. The van der Waals surface area contributed by atoms with Gasteiger partial charge in [-0.2, -0.15) is 0 Å². The predicted molar refractivity (Wildman–Crippen MR) is 51.4 cm³/mol. The molecule has 0 heterocycles. The van der Waals surface area contributed by atoms with E-state index in [1.54, 1.807) is 0 Å². The Labute approximate surface area is 75.2 Å². The van der Waals surface area contributed by atoms with Crippen molar-refractivity contribution in [2.24, 2.45) is 5.73 Å². The quantitative estimate of drug-likeness (QED) is 0.763. The van der Waals surface area contributed by atoms with Gasteiger partial charge in [0.2, 0.25) is 0 Å². The second-order valence-corrected chi connectivity index (χ2v) is 4.30. The normalized spacial score (nSPS) is 15.5. The Balaban J connectivity index is 2.66. The minimum atomic E-state index is -0.939. The van der Waals surface area contributed by atoms with Crippen LogP contribution in [0.2, 0.25) is 0 Å². The molecule has 12 heavy (non-hydrogen) atoms. The summed E-state index contributed by atoms with van der Waals surface area (Å²) in [4.78, 5) is 0.856. The van der Waals surface area contributed by atoms with Crippen molar-refractivity contribution in [1.82, 2.24) is 0 Å². The van der Waals surface area contributed by atoms with Crippen LogP contribution in [0.25, 0.3) is 0 Å². The Morgan fingerprint density at radius 2 is 2.00 bits per heavy atom. The molecule has 2 nitrogen and oxygen atoms in total. The van der Waals surface area contributed by atoms with Gasteiger partial charge in [-0.3, -0.25) is 4.21 Å². The van der Waals surface area contributed by atoms with Gasteiger partial charge in [0.15, 0.2) is 0 Å². The maximum atomic E-state index is 11.5. The largest absolute Gasteiger partial charge is 0.327 e. The number of nitrogens with two attached hydrogens (primary N) is 1. The molecule has 1 unspecified atom stereocenters. The fourth-order valence-corrected chi connectivity index (χ4v) is 2.04. The molecule has 1 rings (SSSR count). The van der Waals surface area contributed by atoms with E-state index in [-0.39, 0.29) is 6.04 Å². The van der Waals surface area contributed by atoms with E-state index < -0.39 is 10.8 Å². The molecule has 0 aliphatic rings. The van der Waals surface area contributed by atoms with Gasteiger partial charge in [-0.15, -0.1) is 0 Å². The van der Waals surface area contributed by atoms with Crippen LogP contribution in [0, 0.1) is 0 Å². The van der Waals surface area contributed by atoms with Gasteiger partial charge in [0.25, 0.3) is 0 Å². The molecule has 66 valence electrons. The molecular weight excluding hydrogens is 170 g/mol. The number of hydrogen-bond donors (Lipinski definition) is 1. The second kappa shape index (κ2) is 4.38. The van der Waals surface area contributed by atoms with Crippen LogP contribution in [0.4, 0.5) is 0 Å². The summed E-state index contributed by atoms with van der Waals surface area (Å²) >= 11 is 0. The minimum Gasteiger partial charge on any atom is -0.327 e. The minimum absolute atomic E-state index is 0.00830. The molecule has 0 aliphatic heterocycles. The van der Waals surface area contributed by atoms with E-state index in [0.717, 1.165) is 4.90 Å². The zero-order valence-corrected chi connectivity index (χ0v) is 7.88. The standard InChI is InChI=1S/C9H13NOS/c1-8(10)7-12(11)9-5-3-2-4-6-9/h2-6,8H,7,10H2,1H3/t8-,12?/m0/s1. The molecule has 0 radical (unpaired) electrons. The molecule has 1 aromatic carbocycles. The van der Waals surface area contributed by atoms with Crippen LogP contribution in [0.15, 0.2) is 35.2 Å². The molecule has 0 saturated carbocycles. The average molecular weight is 183 g/mol. The maximum absolute atomic E-state index is 11.5. The van der Waals surface area contributed by atoms with Gasteiger partial charge in [-0.05, 0) is 19.1 Å². The highest BCUT2D eigenvalue weighted by Gasteiger charge is 2.04. The van der Waals surface area contributed by atoms with Crippen LogP contribution in [-0.4, -0.2) is 16.0 Å². The second-order valence-electron chi connectivity index (χ2n) is 2.80. The van der Waals surface area contributed by atoms with E-state index >= 15 is 0 Å². The first-order valence-electron chi connectivity index (χ1n) is 3.89. The molecule has 0 amide bonds. The highest BCUT2D eigenvalue weighted by molar-refractivity contribution is 7.85. The van der Waals surface area contributed by atoms with Gasteiger partial charge in [0.05, 0.1) is 10.8 Å². The van der Waals surface area contributed by atoms with Crippen LogP contribution in [0.1, 0.15) is 6.92 Å². The van der Waals surface area contributed by atoms with Crippen LogP contribution < -0.4 is 5.73 Å². The van der Waals surface area contributed by atoms with Crippen molar-refractivity contribution >= 4 is 10.8 Å². The van der Waals surface area contributed by atoms with Crippen LogP contribution in [-0.2, 0) is 10.8 Å². The molecule has 2 N–H and O–H groups in total. The molecule has 0 saturated heterocycles. The first-order valence-corrected chi connectivity index (χ1v) is 5.21. The van der Waals surface area contributed by atoms with Crippen LogP contribution >= 0.6 is 0 Å². The molecule has 0 aliphatic carbocycles. The van der Waals surface area contributed by atoms with Crippen molar-refractivity contribution in [2.45, 2.75) is 17.9 Å². The summed E-state index contributed by atoms with van der Waals surface area (Å²) < 4.78 is 11.5. The Morgan fingerprint density at radius 3 is 2.50 bits per heavy atom. The van der Waals surface area contributed by atoms with E-state index in [1.807, 2.05) is 37.3 Å². The average Bonchev–Trinajstić information content (AvgIpc) is 2.05. The Kier molecular flexibility index (Phi) is 3.44. The predicted octanol–water partition coefficient (Wildman–Crippen LogP) is 1.14. The Morgan fingerprint density at radius 1 is 1.42 bits per heavy atom. The number of benzene rings is 1. The molecular formula is C9H13NOS. The number of hydrogen-bond acceptors (Lipinski definition) is 2. The van der Waals surface area contributed by atoms with Gasteiger partial charge in [-0.25, -0.2) is 0 Å². The van der Waals surface area contributed by atoms with E-state index in [1.165, 1.54) is 0 Å². The summed E-state index contributed by atoms with van der Waals surface area (Å²) in [6.07, 6.45) is 0. The smallest absolute Gasteiger partial charge is 0.0545 e. The van der Waals surface area contributed by atoms with Crippen molar-refractivity contribution in [3.8, 4) is 0 Å². The highest BCUT2D eigenvalue weighted by Crippen LogP contribution is 2.05. The van der Waals surface area contributed by atoms with Gasteiger partial charge in [-0.1, -0.05) is 18.2 Å². The molecule has 0 spiro atoms.